The van der Waals surface area contributed by atoms with Crippen molar-refractivity contribution in [2.45, 2.75) is 75.5 Å². The van der Waals surface area contributed by atoms with Crippen LogP contribution in [0, 0.1) is 0 Å². The van der Waals surface area contributed by atoms with Crippen LogP contribution in [0.4, 0.5) is 0 Å². The highest BCUT2D eigenvalue weighted by atomic mass is 16.7. The average molecular weight is 253 g/mol. The van der Waals surface area contributed by atoms with Crippen LogP contribution in [-0.2, 0) is 14.4 Å². The Morgan fingerprint density at radius 2 is 2.17 bits per heavy atom. The minimum absolute atomic E-state index is 0.111. The second kappa shape index (κ2) is 4.82. The minimum atomic E-state index is -0.111. The van der Waals surface area contributed by atoms with Crippen molar-refractivity contribution in [1.29, 1.82) is 0 Å². The van der Waals surface area contributed by atoms with Gasteiger partial charge in [0.05, 0.1) is 19.6 Å². The Hall–Kier alpha value is -0.610. The van der Waals surface area contributed by atoms with Gasteiger partial charge < -0.3 is 4.74 Å². The van der Waals surface area contributed by atoms with Crippen LogP contribution in [0.2, 0.25) is 0 Å². The molecule has 3 rings (SSSR count). The molecule has 18 heavy (non-hydrogen) atoms. The second-order valence-electron chi connectivity index (χ2n) is 6.05. The number of piperidine rings is 1. The van der Waals surface area contributed by atoms with E-state index in [1.165, 1.54) is 52.1 Å². The normalized spacial score (nSPS) is 40.1. The van der Waals surface area contributed by atoms with Gasteiger partial charge in [-0.05, 0) is 38.5 Å². The first kappa shape index (κ1) is 12.4. The van der Waals surface area contributed by atoms with E-state index in [-0.39, 0.29) is 17.6 Å². The average Bonchev–Trinajstić information content (AvgIpc) is 2.61. The number of rotatable bonds is 2. The summed E-state index contributed by atoms with van der Waals surface area (Å²) in [4.78, 5) is 17.7. The summed E-state index contributed by atoms with van der Waals surface area (Å²) < 4.78 is 4.81. The molecule has 3 fully saturated rings. The zero-order valence-electron chi connectivity index (χ0n) is 11.2. The molecule has 1 saturated carbocycles. The minimum Gasteiger partial charge on any atom is -0.469 e. The molecule has 3 aliphatic rings. The molecule has 1 spiro atoms. The van der Waals surface area contributed by atoms with E-state index in [9.17, 15) is 4.79 Å². The van der Waals surface area contributed by atoms with Gasteiger partial charge in [-0.25, -0.2) is 0 Å². The number of hydroxylamine groups is 2. The molecule has 0 aromatic heterocycles. The van der Waals surface area contributed by atoms with Gasteiger partial charge in [-0.15, -0.1) is 0 Å². The third-order valence-electron chi connectivity index (χ3n) is 4.90. The lowest BCUT2D eigenvalue weighted by molar-refractivity contribution is -0.236. The maximum Gasteiger partial charge on any atom is 0.307 e. The van der Waals surface area contributed by atoms with E-state index < -0.39 is 0 Å². The molecule has 1 aliphatic carbocycles. The van der Waals surface area contributed by atoms with Gasteiger partial charge in [0.15, 0.2) is 0 Å². The van der Waals surface area contributed by atoms with Gasteiger partial charge in [0.2, 0.25) is 0 Å². The van der Waals surface area contributed by atoms with Crippen molar-refractivity contribution in [2.75, 3.05) is 7.11 Å². The molecule has 102 valence electrons. The molecule has 0 unspecified atom stereocenters. The number of hydrogen-bond acceptors (Lipinski definition) is 4. The standard InChI is InChI=1S/C14H23NO3/c1-17-13(16)9-11-5-4-8-14-7-3-2-6-12(10-14)18-15(11)14/h11-12H,2-10H2,1H3/t11-,12+,14-/m0/s1. The van der Waals surface area contributed by atoms with Crippen LogP contribution < -0.4 is 0 Å². The lowest BCUT2D eigenvalue weighted by Crippen LogP contribution is -2.52. The van der Waals surface area contributed by atoms with E-state index >= 15 is 0 Å². The van der Waals surface area contributed by atoms with Crippen LogP contribution in [0.1, 0.15) is 57.8 Å². The molecule has 0 aromatic rings. The van der Waals surface area contributed by atoms with Gasteiger partial charge in [-0.2, -0.15) is 5.06 Å². The van der Waals surface area contributed by atoms with Crippen molar-refractivity contribution in [2.24, 2.45) is 0 Å². The van der Waals surface area contributed by atoms with Gasteiger partial charge >= 0.3 is 5.97 Å². The van der Waals surface area contributed by atoms with Gasteiger partial charge in [-0.3, -0.25) is 9.63 Å². The summed E-state index contributed by atoms with van der Waals surface area (Å²) in [5.41, 5.74) is 0.234. The number of carbonyl (C=O) groups excluding carboxylic acids is 1. The lowest BCUT2D eigenvalue weighted by atomic mass is 9.79. The van der Waals surface area contributed by atoms with E-state index in [0.29, 0.717) is 12.5 Å². The monoisotopic (exact) mass is 253 g/mol. The van der Waals surface area contributed by atoms with Crippen LogP contribution in [-0.4, -0.2) is 35.8 Å². The van der Waals surface area contributed by atoms with Crippen LogP contribution >= 0.6 is 0 Å². The molecule has 4 nitrogen and oxygen atoms in total. The number of nitrogens with zero attached hydrogens (tertiary/aromatic N) is 1. The van der Waals surface area contributed by atoms with Crippen molar-refractivity contribution in [1.82, 2.24) is 5.06 Å². The quantitative estimate of drug-likeness (QED) is 0.708. The zero-order chi connectivity index (χ0) is 12.6. The predicted octanol–water partition coefficient (Wildman–Crippen LogP) is 2.42. The first-order valence-corrected chi connectivity index (χ1v) is 7.26. The highest BCUT2D eigenvalue weighted by Gasteiger charge is 2.52. The first-order chi connectivity index (χ1) is 8.73. The Morgan fingerprint density at radius 3 is 3.00 bits per heavy atom. The molecule has 0 N–H and O–H groups in total. The molecule has 4 heteroatoms. The topological polar surface area (TPSA) is 38.8 Å². The summed E-state index contributed by atoms with van der Waals surface area (Å²) in [6, 6.07) is 0.231. The molecule has 2 saturated heterocycles. The molecule has 0 amide bonds. The summed E-state index contributed by atoms with van der Waals surface area (Å²) >= 11 is 0. The molecule has 2 bridgehead atoms. The van der Waals surface area contributed by atoms with Crippen LogP contribution in [0.15, 0.2) is 0 Å². The van der Waals surface area contributed by atoms with Crippen molar-refractivity contribution in [3.63, 3.8) is 0 Å². The Balaban J connectivity index is 1.77. The van der Waals surface area contributed by atoms with Gasteiger partial charge in [0.1, 0.15) is 0 Å². The molecule has 0 radical (unpaired) electrons. The fourth-order valence-electron chi connectivity index (χ4n) is 4.07. The molecule has 0 aromatic carbocycles. The van der Waals surface area contributed by atoms with Crippen molar-refractivity contribution in [3.8, 4) is 0 Å². The molecule has 2 heterocycles. The SMILES string of the molecule is COC(=O)C[C@@H]1CCC[C@@]23CCCC[C@H](C2)ON13. The Morgan fingerprint density at radius 1 is 1.33 bits per heavy atom. The zero-order valence-corrected chi connectivity index (χ0v) is 11.2. The van der Waals surface area contributed by atoms with E-state index in [0.717, 1.165) is 6.42 Å². The first-order valence-electron chi connectivity index (χ1n) is 7.26. The summed E-state index contributed by atoms with van der Waals surface area (Å²) in [5.74, 6) is -0.111. The number of esters is 1. The molecule has 3 atom stereocenters. The van der Waals surface area contributed by atoms with Gasteiger partial charge in [0, 0.05) is 11.6 Å². The fraction of sp³-hybridized carbons (Fsp3) is 0.929. The Kier molecular flexibility index (Phi) is 3.32. The number of carbonyl (C=O) groups is 1. The summed E-state index contributed by atoms with van der Waals surface area (Å²) in [6.07, 6.45) is 10.6. The number of ether oxygens (including phenoxy) is 1. The largest absolute Gasteiger partial charge is 0.469 e. The van der Waals surface area contributed by atoms with E-state index in [2.05, 4.69) is 5.06 Å². The van der Waals surface area contributed by atoms with E-state index in [4.69, 9.17) is 9.57 Å². The summed E-state index contributed by atoms with van der Waals surface area (Å²) in [6.45, 7) is 0. The molecule has 2 aliphatic heterocycles. The van der Waals surface area contributed by atoms with Crippen LogP contribution in [0.25, 0.3) is 0 Å². The van der Waals surface area contributed by atoms with Crippen molar-refractivity contribution < 1.29 is 14.4 Å². The van der Waals surface area contributed by atoms with Crippen LogP contribution in [0.5, 0.6) is 0 Å². The maximum absolute atomic E-state index is 11.5. The third kappa shape index (κ3) is 2.05. The number of methoxy groups -OCH3 is 1. The smallest absolute Gasteiger partial charge is 0.307 e. The second-order valence-corrected chi connectivity index (χ2v) is 6.05. The Labute approximate surface area is 109 Å². The summed E-state index contributed by atoms with van der Waals surface area (Å²) in [5, 5.41) is 2.21. The predicted molar refractivity (Wildman–Crippen MR) is 66.8 cm³/mol. The van der Waals surface area contributed by atoms with Crippen molar-refractivity contribution in [3.05, 3.63) is 0 Å². The molecular weight excluding hydrogens is 230 g/mol. The highest BCUT2D eigenvalue weighted by molar-refractivity contribution is 5.69. The van der Waals surface area contributed by atoms with Crippen molar-refractivity contribution >= 4 is 5.97 Å². The lowest BCUT2D eigenvalue weighted by Gasteiger charge is -2.45. The number of hydrogen-bond donors (Lipinski definition) is 0. The van der Waals surface area contributed by atoms with Gasteiger partial charge in [-0.1, -0.05) is 12.8 Å². The third-order valence-corrected chi connectivity index (χ3v) is 4.90. The Bertz CT molecular complexity index is 333. The van der Waals surface area contributed by atoms with Gasteiger partial charge in [0.25, 0.3) is 0 Å². The van der Waals surface area contributed by atoms with E-state index in [1.807, 2.05) is 0 Å². The molecular formula is C14H23NO3. The number of fused-ring (bicyclic) bond motifs is 1. The highest BCUT2D eigenvalue weighted by Crippen LogP contribution is 2.48. The van der Waals surface area contributed by atoms with E-state index in [1.54, 1.807) is 0 Å². The fourth-order valence-corrected chi connectivity index (χ4v) is 4.07. The van der Waals surface area contributed by atoms with Crippen LogP contribution in [0.3, 0.4) is 0 Å². The maximum atomic E-state index is 11.5. The summed E-state index contributed by atoms with van der Waals surface area (Å²) in [7, 11) is 1.47.